The Bertz CT molecular complexity index is 500. The lowest BCUT2D eigenvalue weighted by molar-refractivity contribution is -0.163. The first-order valence-electron chi connectivity index (χ1n) is 5.09. The molecule has 1 fully saturated rings. The SMILES string of the molecule is O=C(NC1(C(F)(F)F)CC1)c1cc(Br)ccc1Cl. The topological polar surface area (TPSA) is 29.1 Å². The summed E-state index contributed by atoms with van der Waals surface area (Å²) in [6.45, 7) is 0. The fourth-order valence-corrected chi connectivity index (χ4v) is 2.12. The van der Waals surface area contributed by atoms with Gasteiger partial charge in [0.2, 0.25) is 0 Å². The predicted molar refractivity (Wildman–Crippen MR) is 64.6 cm³/mol. The number of hydrogen-bond donors (Lipinski definition) is 1. The van der Waals surface area contributed by atoms with Crippen LogP contribution in [0.1, 0.15) is 23.2 Å². The highest BCUT2D eigenvalue weighted by Gasteiger charge is 2.64. The number of hydrogen-bond acceptors (Lipinski definition) is 1. The second-order valence-corrected chi connectivity index (χ2v) is 5.48. The third-order valence-electron chi connectivity index (χ3n) is 2.82. The lowest BCUT2D eigenvalue weighted by Crippen LogP contribution is -2.47. The van der Waals surface area contributed by atoms with Crippen LogP contribution in [0.15, 0.2) is 22.7 Å². The number of rotatable bonds is 2. The van der Waals surface area contributed by atoms with E-state index in [9.17, 15) is 18.0 Å². The zero-order valence-corrected chi connectivity index (χ0v) is 11.3. The van der Waals surface area contributed by atoms with Gasteiger partial charge in [-0.15, -0.1) is 0 Å². The highest BCUT2D eigenvalue weighted by molar-refractivity contribution is 9.10. The van der Waals surface area contributed by atoms with E-state index in [1.807, 2.05) is 5.32 Å². The summed E-state index contributed by atoms with van der Waals surface area (Å²) < 4.78 is 38.7. The standard InChI is InChI=1S/C11H8BrClF3NO/c12-6-1-2-8(13)7(5-6)9(18)17-10(3-4-10)11(14,15)16/h1-2,5H,3-4H2,(H,17,18). The number of carbonyl (C=O) groups excluding carboxylic acids is 1. The minimum absolute atomic E-state index is 0.0292. The summed E-state index contributed by atoms with van der Waals surface area (Å²) in [5.74, 6) is -0.809. The van der Waals surface area contributed by atoms with Gasteiger partial charge in [0, 0.05) is 4.47 Å². The van der Waals surface area contributed by atoms with Crippen molar-refractivity contribution in [3.8, 4) is 0 Å². The summed E-state index contributed by atoms with van der Waals surface area (Å²) in [6.07, 6.45) is -4.61. The van der Waals surface area contributed by atoms with Crippen molar-refractivity contribution in [3.63, 3.8) is 0 Å². The van der Waals surface area contributed by atoms with E-state index in [4.69, 9.17) is 11.6 Å². The largest absolute Gasteiger partial charge is 0.411 e. The van der Waals surface area contributed by atoms with Crippen LogP contribution in [0.25, 0.3) is 0 Å². The molecule has 1 saturated carbocycles. The van der Waals surface area contributed by atoms with Crippen molar-refractivity contribution in [2.75, 3.05) is 0 Å². The van der Waals surface area contributed by atoms with E-state index >= 15 is 0 Å². The highest BCUT2D eigenvalue weighted by atomic mass is 79.9. The van der Waals surface area contributed by atoms with E-state index in [-0.39, 0.29) is 23.4 Å². The van der Waals surface area contributed by atoms with Crippen LogP contribution in [0.3, 0.4) is 0 Å². The molecule has 1 aromatic rings. The normalized spacial score (nSPS) is 17.4. The van der Waals surface area contributed by atoms with Gasteiger partial charge in [0.25, 0.3) is 5.91 Å². The molecular weight excluding hydrogens is 334 g/mol. The average Bonchev–Trinajstić information content (AvgIpc) is 3.01. The molecule has 0 aromatic heterocycles. The van der Waals surface area contributed by atoms with Crippen LogP contribution in [0.5, 0.6) is 0 Å². The van der Waals surface area contributed by atoms with Gasteiger partial charge < -0.3 is 5.32 Å². The molecule has 98 valence electrons. The van der Waals surface area contributed by atoms with E-state index in [2.05, 4.69) is 15.9 Å². The van der Waals surface area contributed by atoms with Gasteiger partial charge in [-0.3, -0.25) is 4.79 Å². The maximum Gasteiger partial charge on any atom is 0.411 e. The monoisotopic (exact) mass is 341 g/mol. The second-order valence-electron chi connectivity index (χ2n) is 4.16. The first-order chi connectivity index (χ1) is 8.25. The lowest BCUT2D eigenvalue weighted by atomic mass is 10.1. The van der Waals surface area contributed by atoms with Crippen LogP contribution in [0.4, 0.5) is 13.2 Å². The molecule has 1 N–H and O–H groups in total. The summed E-state index contributed by atoms with van der Waals surface area (Å²) in [6, 6.07) is 4.45. The molecule has 0 radical (unpaired) electrons. The Morgan fingerprint density at radius 2 is 2.00 bits per heavy atom. The van der Waals surface area contributed by atoms with Crippen molar-refractivity contribution < 1.29 is 18.0 Å². The van der Waals surface area contributed by atoms with Crippen LogP contribution < -0.4 is 5.32 Å². The molecule has 0 atom stereocenters. The molecule has 0 saturated heterocycles. The molecular formula is C11H8BrClF3NO. The zero-order chi connectivity index (χ0) is 13.6. The molecule has 0 heterocycles. The second kappa shape index (κ2) is 4.42. The van der Waals surface area contributed by atoms with Crippen molar-refractivity contribution >= 4 is 33.4 Å². The number of alkyl halides is 3. The number of halogens is 5. The van der Waals surface area contributed by atoms with E-state index in [0.717, 1.165) is 0 Å². The Hall–Kier alpha value is -0.750. The minimum Gasteiger partial charge on any atom is -0.338 e. The van der Waals surface area contributed by atoms with Gasteiger partial charge in [0.05, 0.1) is 10.6 Å². The van der Waals surface area contributed by atoms with E-state index in [1.54, 1.807) is 6.07 Å². The molecule has 1 amide bonds. The molecule has 0 bridgehead atoms. The van der Waals surface area contributed by atoms with Gasteiger partial charge in [0.15, 0.2) is 0 Å². The first-order valence-corrected chi connectivity index (χ1v) is 6.27. The summed E-state index contributed by atoms with van der Waals surface area (Å²) in [4.78, 5) is 11.8. The zero-order valence-electron chi connectivity index (χ0n) is 8.94. The summed E-state index contributed by atoms with van der Waals surface area (Å²) in [5, 5.41) is 2.14. The number of benzene rings is 1. The Labute approximate surface area is 115 Å². The fourth-order valence-electron chi connectivity index (χ4n) is 1.56. The van der Waals surface area contributed by atoms with Gasteiger partial charge in [-0.05, 0) is 31.0 Å². The molecule has 0 unspecified atom stereocenters. The Morgan fingerprint density at radius 3 is 2.50 bits per heavy atom. The van der Waals surface area contributed by atoms with Gasteiger partial charge in [0.1, 0.15) is 5.54 Å². The fraction of sp³-hybridized carbons (Fsp3) is 0.364. The minimum atomic E-state index is -4.43. The van der Waals surface area contributed by atoms with Gasteiger partial charge >= 0.3 is 6.18 Å². The Kier molecular flexibility index (Phi) is 3.36. The van der Waals surface area contributed by atoms with Crippen LogP contribution in [0, 0.1) is 0 Å². The molecule has 7 heteroatoms. The van der Waals surface area contributed by atoms with E-state index in [0.29, 0.717) is 4.47 Å². The van der Waals surface area contributed by atoms with Crippen LogP contribution >= 0.6 is 27.5 Å². The smallest absolute Gasteiger partial charge is 0.338 e. The maximum atomic E-state index is 12.7. The third-order valence-corrected chi connectivity index (χ3v) is 3.64. The molecule has 1 aromatic carbocycles. The summed E-state index contributed by atoms with van der Waals surface area (Å²) >= 11 is 8.93. The van der Waals surface area contributed by atoms with Gasteiger partial charge in [-0.2, -0.15) is 13.2 Å². The average molecular weight is 343 g/mol. The Balaban J connectivity index is 2.21. The lowest BCUT2D eigenvalue weighted by Gasteiger charge is -2.21. The van der Waals surface area contributed by atoms with Crippen LogP contribution in [-0.4, -0.2) is 17.6 Å². The van der Waals surface area contributed by atoms with Crippen molar-refractivity contribution in [2.45, 2.75) is 24.6 Å². The molecule has 0 aliphatic heterocycles. The molecule has 1 aliphatic rings. The van der Waals surface area contributed by atoms with Gasteiger partial charge in [-0.1, -0.05) is 27.5 Å². The number of nitrogens with one attached hydrogen (secondary N) is 1. The van der Waals surface area contributed by atoms with Crippen molar-refractivity contribution in [1.82, 2.24) is 5.32 Å². The molecule has 2 nitrogen and oxygen atoms in total. The van der Waals surface area contributed by atoms with Crippen molar-refractivity contribution in [1.29, 1.82) is 0 Å². The summed E-state index contributed by atoms with van der Waals surface area (Å²) in [5.41, 5.74) is -2.04. The highest BCUT2D eigenvalue weighted by Crippen LogP contribution is 2.49. The summed E-state index contributed by atoms with van der Waals surface area (Å²) in [7, 11) is 0. The van der Waals surface area contributed by atoms with Gasteiger partial charge in [-0.25, -0.2) is 0 Å². The van der Waals surface area contributed by atoms with Crippen molar-refractivity contribution in [2.24, 2.45) is 0 Å². The van der Waals surface area contributed by atoms with E-state index < -0.39 is 17.6 Å². The number of amides is 1. The molecule has 18 heavy (non-hydrogen) atoms. The Morgan fingerprint density at radius 1 is 1.39 bits per heavy atom. The quantitative estimate of drug-likeness (QED) is 0.867. The third kappa shape index (κ3) is 2.49. The molecule has 2 rings (SSSR count). The predicted octanol–water partition coefficient (Wildman–Crippen LogP) is 3.93. The van der Waals surface area contributed by atoms with E-state index in [1.165, 1.54) is 12.1 Å². The van der Waals surface area contributed by atoms with Crippen LogP contribution in [-0.2, 0) is 0 Å². The number of carbonyl (C=O) groups is 1. The molecule has 0 spiro atoms. The molecule has 1 aliphatic carbocycles. The maximum absolute atomic E-state index is 12.7. The van der Waals surface area contributed by atoms with Crippen molar-refractivity contribution in [3.05, 3.63) is 33.3 Å². The first kappa shape index (κ1) is 13.7. The van der Waals surface area contributed by atoms with Crippen LogP contribution in [0.2, 0.25) is 5.02 Å².